The van der Waals surface area contributed by atoms with Gasteiger partial charge in [0.25, 0.3) is 5.56 Å². The van der Waals surface area contributed by atoms with E-state index in [0.717, 1.165) is 12.8 Å². The molecule has 0 spiro atoms. The maximum Gasteiger partial charge on any atom is 0.469 e. The van der Waals surface area contributed by atoms with E-state index >= 15 is 0 Å². The molecule has 6 N–H and O–H groups in total. The molecular weight excluding hydrogens is 447 g/mol. The summed E-state index contributed by atoms with van der Waals surface area (Å²) in [5.74, 6) is -0.711. The van der Waals surface area contributed by atoms with E-state index in [1.807, 2.05) is 6.92 Å². The van der Waals surface area contributed by atoms with Crippen molar-refractivity contribution in [2.24, 2.45) is 0 Å². The minimum atomic E-state index is -4.74. The van der Waals surface area contributed by atoms with E-state index < -0.39 is 44.4 Å². The number of phosphoric acid groups is 1. The summed E-state index contributed by atoms with van der Waals surface area (Å²) in [7, 11) is -4.74. The van der Waals surface area contributed by atoms with Crippen molar-refractivity contribution >= 4 is 36.8 Å². The standard InChI is InChI=1S/C18H25N4O9P/c1-2-3-6-29-14(24)5-4-10-8-22(16-15(10)17(25)21-18(19)20-16)13-7-11(23)12(31-13)9-30-32(26,27)28/h4-5,8,11-13,23H,2-3,6-7,9H2,1H3,(H2,26,27,28)(H3,19,20,21,25)/b5-4+/t11-,12+,13+/m0/s1. The van der Waals surface area contributed by atoms with Gasteiger partial charge in [-0.3, -0.25) is 14.3 Å². The molecule has 1 aliphatic heterocycles. The number of aliphatic hydroxyl groups is 1. The Hall–Kier alpha value is -2.54. The van der Waals surface area contributed by atoms with Crippen LogP contribution in [0.1, 0.15) is 38.0 Å². The van der Waals surface area contributed by atoms with E-state index in [0.29, 0.717) is 5.56 Å². The first-order chi connectivity index (χ1) is 15.1. The van der Waals surface area contributed by atoms with Gasteiger partial charge in [-0.25, -0.2) is 9.36 Å². The first kappa shape index (κ1) is 24.1. The van der Waals surface area contributed by atoms with Crippen LogP contribution in [0.5, 0.6) is 0 Å². The Kier molecular flexibility index (Phi) is 7.49. The number of hydrogen-bond donors (Lipinski definition) is 5. The van der Waals surface area contributed by atoms with Crippen LogP contribution in [0.3, 0.4) is 0 Å². The number of nitrogens with zero attached hydrogens (tertiary/aromatic N) is 2. The van der Waals surface area contributed by atoms with Gasteiger partial charge in [-0.15, -0.1) is 0 Å². The van der Waals surface area contributed by atoms with Crippen LogP contribution in [0, 0.1) is 0 Å². The highest BCUT2D eigenvalue weighted by Crippen LogP contribution is 2.39. The minimum Gasteiger partial charge on any atom is -0.463 e. The number of aromatic nitrogens is 3. The Labute approximate surface area is 182 Å². The lowest BCUT2D eigenvalue weighted by Crippen LogP contribution is -2.25. The molecule has 0 radical (unpaired) electrons. The van der Waals surface area contributed by atoms with E-state index in [2.05, 4.69) is 14.5 Å². The molecule has 1 fully saturated rings. The number of fused-ring (bicyclic) bond motifs is 1. The number of anilines is 1. The lowest BCUT2D eigenvalue weighted by Gasteiger charge is -2.16. The third kappa shape index (κ3) is 5.82. The number of nitrogen functional groups attached to an aromatic ring is 1. The number of hydrogen-bond acceptors (Lipinski definition) is 9. The topological polar surface area (TPSA) is 199 Å². The summed E-state index contributed by atoms with van der Waals surface area (Å²) in [6, 6.07) is 0. The fraction of sp³-hybridized carbons (Fsp3) is 0.500. The summed E-state index contributed by atoms with van der Waals surface area (Å²) in [5, 5.41) is 10.4. The van der Waals surface area contributed by atoms with Crippen molar-refractivity contribution in [2.75, 3.05) is 18.9 Å². The number of rotatable bonds is 9. The number of carbonyl (C=O) groups is 1. The summed E-state index contributed by atoms with van der Waals surface area (Å²) in [6.45, 7) is 1.72. The van der Waals surface area contributed by atoms with Gasteiger partial charge in [-0.05, 0) is 12.5 Å². The molecule has 2 aromatic rings. The van der Waals surface area contributed by atoms with Gasteiger partial charge in [-0.1, -0.05) is 13.3 Å². The molecule has 1 saturated heterocycles. The van der Waals surface area contributed by atoms with E-state index in [-0.39, 0.29) is 30.0 Å². The van der Waals surface area contributed by atoms with Crippen molar-refractivity contribution in [3.05, 3.63) is 28.2 Å². The van der Waals surface area contributed by atoms with Crippen molar-refractivity contribution in [3.63, 3.8) is 0 Å². The molecule has 3 heterocycles. The summed E-state index contributed by atoms with van der Waals surface area (Å²) in [4.78, 5) is 48.7. The molecular formula is C18H25N4O9P. The predicted molar refractivity (Wildman–Crippen MR) is 112 cm³/mol. The number of H-pyrrole nitrogens is 1. The average molecular weight is 472 g/mol. The van der Waals surface area contributed by atoms with Crippen LogP contribution in [0.25, 0.3) is 17.1 Å². The Morgan fingerprint density at radius 3 is 2.94 bits per heavy atom. The monoisotopic (exact) mass is 472 g/mol. The zero-order valence-electron chi connectivity index (χ0n) is 17.2. The van der Waals surface area contributed by atoms with E-state index in [1.54, 1.807) is 0 Å². The molecule has 0 aliphatic carbocycles. The number of esters is 1. The molecule has 3 rings (SSSR count). The molecule has 0 unspecified atom stereocenters. The predicted octanol–water partition coefficient (Wildman–Crippen LogP) is 0.421. The third-order valence-electron chi connectivity index (χ3n) is 4.79. The van der Waals surface area contributed by atoms with Crippen LogP contribution >= 0.6 is 7.82 Å². The molecule has 0 amide bonds. The molecule has 0 aromatic carbocycles. The second-order valence-electron chi connectivity index (χ2n) is 7.21. The number of nitrogens with two attached hydrogens (primary N) is 1. The molecule has 0 bridgehead atoms. The number of carbonyl (C=O) groups excluding carboxylic acids is 1. The second kappa shape index (κ2) is 9.94. The summed E-state index contributed by atoms with van der Waals surface area (Å²) in [6.07, 6.45) is 2.81. The van der Waals surface area contributed by atoms with Gasteiger partial charge in [-0.2, -0.15) is 4.98 Å². The Morgan fingerprint density at radius 2 is 2.25 bits per heavy atom. The normalized spacial score (nSPS) is 21.6. The highest BCUT2D eigenvalue weighted by molar-refractivity contribution is 7.46. The highest BCUT2D eigenvalue weighted by Gasteiger charge is 2.37. The van der Waals surface area contributed by atoms with Crippen molar-refractivity contribution < 1.29 is 38.3 Å². The number of aliphatic hydroxyl groups excluding tert-OH is 1. The number of phosphoric ester groups is 1. The van der Waals surface area contributed by atoms with Gasteiger partial charge < -0.3 is 34.7 Å². The van der Waals surface area contributed by atoms with Gasteiger partial charge in [0.05, 0.1) is 24.7 Å². The maximum absolute atomic E-state index is 12.5. The maximum atomic E-state index is 12.5. The number of unbranched alkanes of at least 4 members (excludes halogenated alkanes) is 1. The smallest absolute Gasteiger partial charge is 0.463 e. The molecule has 14 heteroatoms. The molecule has 2 aromatic heterocycles. The first-order valence-electron chi connectivity index (χ1n) is 9.87. The lowest BCUT2D eigenvalue weighted by atomic mass is 10.2. The van der Waals surface area contributed by atoms with Crippen LogP contribution in [0.2, 0.25) is 0 Å². The molecule has 32 heavy (non-hydrogen) atoms. The van der Waals surface area contributed by atoms with E-state index in [9.17, 15) is 19.3 Å². The largest absolute Gasteiger partial charge is 0.469 e. The zero-order chi connectivity index (χ0) is 23.5. The van der Waals surface area contributed by atoms with Gasteiger partial charge >= 0.3 is 13.8 Å². The van der Waals surface area contributed by atoms with Crippen LogP contribution in [0.15, 0.2) is 17.1 Å². The fourth-order valence-electron chi connectivity index (χ4n) is 3.28. The van der Waals surface area contributed by atoms with Crippen molar-refractivity contribution in [3.8, 4) is 0 Å². The molecule has 3 atom stereocenters. The van der Waals surface area contributed by atoms with Crippen LogP contribution in [-0.2, 0) is 23.4 Å². The van der Waals surface area contributed by atoms with Gasteiger partial charge in [0.1, 0.15) is 12.3 Å². The Bertz CT molecular complexity index is 1110. The van der Waals surface area contributed by atoms with Crippen LogP contribution in [-0.4, -0.2) is 60.8 Å². The molecule has 13 nitrogen and oxygen atoms in total. The minimum absolute atomic E-state index is 0.0373. The van der Waals surface area contributed by atoms with Crippen LogP contribution < -0.4 is 11.3 Å². The Balaban J connectivity index is 1.89. The van der Waals surface area contributed by atoms with Crippen molar-refractivity contribution in [2.45, 2.75) is 44.6 Å². The average Bonchev–Trinajstić information content (AvgIpc) is 3.24. The van der Waals surface area contributed by atoms with Gasteiger partial charge in [0.2, 0.25) is 5.95 Å². The molecule has 1 aliphatic rings. The number of nitrogens with one attached hydrogen (secondary N) is 1. The zero-order valence-corrected chi connectivity index (χ0v) is 18.1. The second-order valence-corrected chi connectivity index (χ2v) is 8.45. The Morgan fingerprint density at radius 1 is 1.50 bits per heavy atom. The quantitative estimate of drug-likeness (QED) is 0.147. The van der Waals surface area contributed by atoms with Gasteiger partial charge in [0.15, 0.2) is 5.65 Å². The lowest BCUT2D eigenvalue weighted by molar-refractivity contribution is -0.137. The molecule has 0 saturated carbocycles. The number of aromatic amines is 1. The fourth-order valence-corrected chi connectivity index (χ4v) is 3.62. The highest BCUT2D eigenvalue weighted by atomic mass is 31.2. The van der Waals surface area contributed by atoms with Gasteiger partial charge in [0, 0.05) is 24.3 Å². The van der Waals surface area contributed by atoms with Crippen molar-refractivity contribution in [1.29, 1.82) is 0 Å². The first-order valence-corrected chi connectivity index (χ1v) is 11.4. The summed E-state index contributed by atoms with van der Waals surface area (Å²) >= 11 is 0. The summed E-state index contributed by atoms with van der Waals surface area (Å²) in [5.41, 5.74) is 5.63. The number of ether oxygens (including phenoxy) is 2. The van der Waals surface area contributed by atoms with Crippen molar-refractivity contribution in [1.82, 2.24) is 14.5 Å². The van der Waals surface area contributed by atoms with E-state index in [1.165, 1.54) is 22.9 Å². The third-order valence-corrected chi connectivity index (χ3v) is 5.28. The van der Waals surface area contributed by atoms with Crippen LogP contribution in [0.4, 0.5) is 5.95 Å². The molecule has 176 valence electrons. The van der Waals surface area contributed by atoms with E-state index in [4.69, 9.17) is 25.0 Å². The summed E-state index contributed by atoms with van der Waals surface area (Å²) < 4.78 is 27.6. The SMILES string of the molecule is CCCCOC(=O)/C=C/c1cn([C@H]2C[C@H](O)[C@@H](COP(=O)(O)O)O2)c2nc(N)[nH]c(=O)c12.